The van der Waals surface area contributed by atoms with Gasteiger partial charge in [0.2, 0.25) is 0 Å². The van der Waals surface area contributed by atoms with Gasteiger partial charge in [0.1, 0.15) is 6.10 Å². The van der Waals surface area contributed by atoms with E-state index in [9.17, 15) is 4.79 Å². The molecule has 0 aromatic rings. The van der Waals surface area contributed by atoms with E-state index in [0.29, 0.717) is 16.7 Å². The van der Waals surface area contributed by atoms with E-state index in [0.717, 1.165) is 42.4 Å². The summed E-state index contributed by atoms with van der Waals surface area (Å²) in [4.78, 5) is 11.5. The van der Waals surface area contributed by atoms with Gasteiger partial charge >= 0.3 is 5.97 Å². The first-order chi connectivity index (χ1) is 15.6. The molecule has 0 aliphatic heterocycles. The largest absolute Gasteiger partial charge is 0.463 e. The fraction of sp³-hybridized carbons (Fsp3) is 0.839. The summed E-state index contributed by atoms with van der Waals surface area (Å²) in [5.74, 6) is 4.41. The van der Waals surface area contributed by atoms with Gasteiger partial charge in [0.15, 0.2) is 0 Å². The molecule has 186 valence electrons. The maximum absolute atomic E-state index is 11.5. The maximum Gasteiger partial charge on any atom is 0.302 e. The van der Waals surface area contributed by atoms with Crippen LogP contribution in [0.4, 0.5) is 0 Å². The van der Waals surface area contributed by atoms with Crippen molar-refractivity contribution in [2.24, 2.45) is 46.3 Å². The van der Waals surface area contributed by atoms with Gasteiger partial charge in [0.25, 0.3) is 0 Å². The highest BCUT2D eigenvalue weighted by Crippen LogP contribution is 2.65. The fourth-order valence-electron chi connectivity index (χ4n) is 8.83. The Labute approximate surface area is 204 Å². The molecule has 0 unspecified atom stereocenters. The zero-order valence-electron chi connectivity index (χ0n) is 22.6. The quantitative estimate of drug-likeness (QED) is 0.284. The summed E-state index contributed by atoms with van der Waals surface area (Å²) < 4.78 is 5.64. The molecule has 0 saturated heterocycles. The number of ether oxygens (including phenoxy) is 1. The van der Waals surface area contributed by atoms with Crippen molar-refractivity contribution < 1.29 is 9.53 Å². The summed E-state index contributed by atoms with van der Waals surface area (Å²) in [6.45, 7) is 16.4. The molecular formula is C31H50O2. The molecule has 4 rings (SSSR count). The molecule has 0 radical (unpaired) electrons. The second kappa shape index (κ2) is 9.54. The minimum Gasteiger partial charge on any atom is -0.463 e. The van der Waals surface area contributed by atoms with Crippen LogP contribution >= 0.6 is 0 Å². The van der Waals surface area contributed by atoms with Gasteiger partial charge in [-0.05, 0) is 104 Å². The molecule has 2 saturated carbocycles. The van der Waals surface area contributed by atoms with E-state index < -0.39 is 0 Å². The molecule has 8 atom stereocenters. The zero-order valence-corrected chi connectivity index (χ0v) is 22.6. The van der Waals surface area contributed by atoms with Crippen molar-refractivity contribution in [1.82, 2.24) is 0 Å². The maximum atomic E-state index is 11.5. The summed E-state index contributed by atoms with van der Waals surface area (Å²) in [5, 5.41) is 0. The lowest BCUT2D eigenvalue weighted by molar-refractivity contribution is -0.152. The summed E-state index contributed by atoms with van der Waals surface area (Å²) in [5.41, 5.74) is 4.36. The van der Waals surface area contributed by atoms with Crippen LogP contribution in [0.2, 0.25) is 0 Å². The zero-order chi connectivity index (χ0) is 24.0. The number of hydrogen-bond acceptors (Lipinski definition) is 2. The standard InChI is InChI=1S/C31H50O2/c1-8-23(20(2)3)10-9-21(4)27-13-14-28-26-12-11-24-19-25(33-22(5)32)15-17-30(24,6)29(26)16-18-31(27,28)7/h12-13,20-21,23-25,28-29H,8-11,14-19H2,1-7H3/t21-,23-,24+,25+,28+,29+,30+,31-/m1/s1. The first-order valence-corrected chi connectivity index (χ1v) is 14.2. The van der Waals surface area contributed by atoms with Crippen LogP contribution in [0.1, 0.15) is 113 Å². The van der Waals surface area contributed by atoms with E-state index in [1.807, 2.05) is 0 Å². The average Bonchev–Trinajstić information content (AvgIpc) is 3.11. The highest BCUT2D eigenvalue weighted by atomic mass is 16.5. The minimum atomic E-state index is -0.110. The highest BCUT2D eigenvalue weighted by molar-refractivity contribution is 5.66. The predicted octanol–water partition coefficient (Wildman–Crippen LogP) is 8.52. The third kappa shape index (κ3) is 4.50. The normalized spacial score (nSPS) is 39.6. The van der Waals surface area contributed by atoms with Crippen molar-refractivity contribution in [3.63, 3.8) is 0 Å². The Bertz CT molecular complexity index is 791. The molecular weight excluding hydrogens is 404 g/mol. The van der Waals surface area contributed by atoms with E-state index in [1.54, 1.807) is 18.1 Å². The van der Waals surface area contributed by atoms with Crippen molar-refractivity contribution in [1.29, 1.82) is 0 Å². The number of esters is 1. The van der Waals surface area contributed by atoms with Crippen LogP contribution in [0.3, 0.4) is 0 Å². The van der Waals surface area contributed by atoms with Crippen molar-refractivity contribution >= 4 is 5.97 Å². The SMILES string of the molecule is CC[C@H](CC[C@@H](C)C1=CC[C@H]2C3=CC[C@H]4C[C@@H](OC(C)=O)CC[C@]4(C)[C@H]3CC[C@]12C)C(C)C. The van der Waals surface area contributed by atoms with Crippen molar-refractivity contribution in [3.8, 4) is 0 Å². The van der Waals surface area contributed by atoms with Crippen molar-refractivity contribution in [3.05, 3.63) is 23.3 Å². The molecule has 4 aliphatic carbocycles. The summed E-state index contributed by atoms with van der Waals surface area (Å²) in [6, 6.07) is 0. The van der Waals surface area contributed by atoms with Crippen molar-refractivity contribution in [2.45, 2.75) is 119 Å². The smallest absolute Gasteiger partial charge is 0.302 e. The van der Waals surface area contributed by atoms with Crippen LogP contribution in [0, 0.1) is 46.3 Å². The van der Waals surface area contributed by atoms with Crippen LogP contribution < -0.4 is 0 Å². The third-order valence-corrected chi connectivity index (χ3v) is 11.0. The van der Waals surface area contributed by atoms with E-state index in [-0.39, 0.29) is 12.1 Å². The molecule has 0 bridgehead atoms. The minimum absolute atomic E-state index is 0.110. The van der Waals surface area contributed by atoms with Gasteiger partial charge in [-0.2, -0.15) is 0 Å². The van der Waals surface area contributed by atoms with E-state index in [1.165, 1.54) is 51.4 Å². The highest BCUT2D eigenvalue weighted by Gasteiger charge is 2.56. The van der Waals surface area contributed by atoms with Gasteiger partial charge in [-0.1, -0.05) is 71.3 Å². The molecule has 2 fully saturated rings. The van der Waals surface area contributed by atoms with Crippen LogP contribution in [0.25, 0.3) is 0 Å². The Morgan fingerprint density at radius 2 is 1.82 bits per heavy atom. The predicted molar refractivity (Wildman–Crippen MR) is 138 cm³/mol. The number of carbonyl (C=O) groups is 1. The van der Waals surface area contributed by atoms with Crippen LogP contribution in [0.5, 0.6) is 0 Å². The van der Waals surface area contributed by atoms with Crippen molar-refractivity contribution in [2.75, 3.05) is 0 Å². The fourth-order valence-corrected chi connectivity index (χ4v) is 8.83. The average molecular weight is 455 g/mol. The van der Waals surface area contributed by atoms with Gasteiger partial charge in [0.05, 0.1) is 0 Å². The second-order valence-electron chi connectivity index (χ2n) is 13.0. The summed E-state index contributed by atoms with van der Waals surface area (Å²) >= 11 is 0. The first-order valence-electron chi connectivity index (χ1n) is 14.2. The number of carbonyl (C=O) groups excluding carboxylic acids is 1. The molecule has 0 spiro atoms. The molecule has 0 heterocycles. The Hall–Kier alpha value is -1.05. The lowest BCUT2D eigenvalue weighted by Crippen LogP contribution is -2.49. The molecule has 2 heteroatoms. The lowest BCUT2D eigenvalue weighted by atomic mass is 9.47. The van der Waals surface area contributed by atoms with Gasteiger partial charge < -0.3 is 4.74 Å². The van der Waals surface area contributed by atoms with E-state index >= 15 is 0 Å². The van der Waals surface area contributed by atoms with E-state index in [4.69, 9.17) is 4.74 Å². The monoisotopic (exact) mass is 454 g/mol. The second-order valence-corrected chi connectivity index (χ2v) is 13.0. The number of hydrogen-bond donors (Lipinski definition) is 0. The van der Waals surface area contributed by atoms with Gasteiger partial charge in [-0.15, -0.1) is 0 Å². The summed E-state index contributed by atoms with van der Waals surface area (Å²) in [6.07, 6.45) is 18.0. The molecule has 0 aromatic heterocycles. The third-order valence-electron chi connectivity index (χ3n) is 11.0. The molecule has 4 aliphatic rings. The number of rotatable bonds is 7. The Morgan fingerprint density at radius 1 is 1.06 bits per heavy atom. The van der Waals surface area contributed by atoms with E-state index in [2.05, 4.69) is 53.7 Å². The molecule has 0 N–H and O–H groups in total. The summed E-state index contributed by atoms with van der Waals surface area (Å²) in [7, 11) is 0. The molecule has 0 aromatic carbocycles. The van der Waals surface area contributed by atoms with Gasteiger partial charge in [-0.3, -0.25) is 4.79 Å². The van der Waals surface area contributed by atoms with Gasteiger partial charge in [0, 0.05) is 6.92 Å². The Kier molecular flexibility index (Phi) is 7.24. The molecule has 0 amide bonds. The Balaban J connectivity index is 1.47. The molecule has 33 heavy (non-hydrogen) atoms. The van der Waals surface area contributed by atoms with Crippen LogP contribution in [-0.4, -0.2) is 12.1 Å². The Morgan fingerprint density at radius 3 is 2.48 bits per heavy atom. The lowest BCUT2D eigenvalue weighted by Gasteiger charge is -2.57. The molecule has 2 nitrogen and oxygen atoms in total. The van der Waals surface area contributed by atoms with Crippen LogP contribution in [0.15, 0.2) is 23.3 Å². The van der Waals surface area contributed by atoms with Crippen LogP contribution in [-0.2, 0) is 9.53 Å². The van der Waals surface area contributed by atoms with Gasteiger partial charge in [-0.25, -0.2) is 0 Å². The first kappa shape index (κ1) is 25.1. The number of fused-ring (bicyclic) bond motifs is 5. The number of allylic oxidation sites excluding steroid dienone is 4. The topological polar surface area (TPSA) is 26.3 Å².